The van der Waals surface area contributed by atoms with Gasteiger partial charge in [-0.3, -0.25) is 0 Å². The Hall–Kier alpha value is -0.730. The summed E-state index contributed by atoms with van der Waals surface area (Å²) in [5, 5.41) is 4.24. The third kappa shape index (κ3) is 3.39. The van der Waals surface area contributed by atoms with Gasteiger partial charge >= 0.3 is 0 Å². The van der Waals surface area contributed by atoms with Gasteiger partial charge < -0.3 is 10.1 Å². The van der Waals surface area contributed by atoms with E-state index in [0.717, 1.165) is 28.9 Å². The van der Waals surface area contributed by atoms with E-state index in [1.165, 1.54) is 12.8 Å². The third-order valence-electron chi connectivity index (χ3n) is 2.74. The largest absolute Gasteiger partial charge is 0.489 e. The molecule has 0 aliphatic heterocycles. The maximum absolute atomic E-state index is 5.96. The van der Waals surface area contributed by atoms with Gasteiger partial charge in [0.05, 0.1) is 0 Å². The molecule has 1 unspecified atom stereocenters. The second-order valence-corrected chi connectivity index (χ2v) is 4.93. The van der Waals surface area contributed by atoms with Crippen LogP contribution in [-0.4, -0.2) is 18.7 Å². The van der Waals surface area contributed by atoms with Crippen molar-refractivity contribution in [3.63, 3.8) is 0 Å². The van der Waals surface area contributed by atoms with Gasteiger partial charge in [0.2, 0.25) is 0 Å². The first-order valence-corrected chi connectivity index (χ1v) is 6.19. The molecule has 1 N–H and O–H groups in total. The zero-order valence-corrected chi connectivity index (χ0v) is 10.6. The summed E-state index contributed by atoms with van der Waals surface area (Å²) in [6, 6.07) is 6.52. The van der Waals surface area contributed by atoms with E-state index in [9.17, 15) is 0 Å². The maximum Gasteiger partial charge on any atom is 0.120 e. The Morgan fingerprint density at radius 2 is 2.25 bits per heavy atom. The number of aryl methyl sites for hydroxylation is 1. The van der Waals surface area contributed by atoms with Crippen LogP contribution in [0.2, 0.25) is 5.02 Å². The number of hydrogen-bond acceptors (Lipinski definition) is 2. The van der Waals surface area contributed by atoms with E-state index in [1.807, 2.05) is 25.1 Å². The maximum atomic E-state index is 5.96. The van der Waals surface area contributed by atoms with Crippen LogP contribution in [0.25, 0.3) is 0 Å². The van der Waals surface area contributed by atoms with Gasteiger partial charge in [0, 0.05) is 17.6 Å². The Bertz CT molecular complexity index is 363. The fourth-order valence-electron chi connectivity index (χ4n) is 1.58. The number of benzene rings is 1. The lowest BCUT2D eigenvalue weighted by atomic mass is 10.2. The van der Waals surface area contributed by atoms with E-state index in [4.69, 9.17) is 16.3 Å². The normalized spacial score (nSPS) is 17.2. The molecule has 0 heterocycles. The lowest BCUT2D eigenvalue weighted by Crippen LogP contribution is -2.30. The lowest BCUT2D eigenvalue weighted by molar-refractivity contribution is 0.216. The Kier molecular flexibility index (Phi) is 3.72. The van der Waals surface area contributed by atoms with E-state index in [-0.39, 0.29) is 6.10 Å². The Morgan fingerprint density at radius 3 is 2.88 bits per heavy atom. The van der Waals surface area contributed by atoms with Gasteiger partial charge in [0.1, 0.15) is 11.9 Å². The third-order valence-corrected chi connectivity index (χ3v) is 3.16. The fraction of sp³-hybridized carbons (Fsp3) is 0.538. The minimum absolute atomic E-state index is 0.196. The summed E-state index contributed by atoms with van der Waals surface area (Å²) in [6.07, 6.45) is 2.82. The number of halogens is 1. The first-order valence-electron chi connectivity index (χ1n) is 5.81. The fourth-order valence-corrected chi connectivity index (χ4v) is 1.70. The van der Waals surface area contributed by atoms with E-state index in [2.05, 4.69) is 12.2 Å². The van der Waals surface area contributed by atoms with Crippen molar-refractivity contribution in [3.8, 4) is 5.75 Å². The molecule has 1 fully saturated rings. The minimum atomic E-state index is 0.196. The molecule has 1 saturated carbocycles. The van der Waals surface area contributed by atoms with E-state index in [0.29, 0.717) is 0 Å². The van der Waals surface area contributed by atoms with Gasteiger partial charge in [-0.15, -0.1) is 0 Å². The van der Waals surface area contributed by atoms with Crippen LogP contribution in [0.3, 0.4) is 0 Å². The molecule has 0 aromatic heterocycles. The first-order chi connectivity index (χ1) is 7.65. The molecule has 16 heavy (non-hydrogen) atoms. The minimum Gasteiger partial charge on any atom is -0.489 e. The standard InChI is InChI=1S/C13H18ClNO/c1-9-7-12(5-6-13(9)14)16-10(2)8-15-11-3-4-11/h5-7,10-11,15H,3-4,8H2,1-2H3. The Labute approximate surface area is 102 Å². The lowest BCUT2D eigenvalue weighted by Gasteiger charge is -2.15. The van der Waals surface area contributed by atoms with Crippen LogP contribution >= 0.6 is 11.6 Å². The van der Waals surface area contributed by atoms with Crippen molar-refractivity contribution >= 4 is 11.6 Å². The second kappa shape index (κ2) is 5.07. The molecule has 0 radical (unpaired) electrons. The van der Waals surface area contributed by atoms with Crippen molar-refractivity contribution < 1.29 is 4.74 Å². The molecule has 3 heteroatoms. The number of rotatable bonds is 5. The monoisotopic (exact) mass is 239 g/mol. The zero-order valence-electron chi connectivity index (χ0n) is 9.79. The molecule has 0 saturated heterocycles. The molecule has 1 atom stereocenters. The van der Waals surface area contributed by atoms with Gasteiger partial charge in [0.25, 0.3) is 0 Å². The van der Waals surface area contributed by atoms with Gasteiger partial charge in [-0.05, 0) is 50.5 Å². The van der Waals surface area contributed by atoms with Crippen LogP contribution in [0.15, 0.2) is 18.2 Å². The average Bonchev–Trinajstić information content (AvgIpc) is 3.04. The summed E-state index contributed by atoms with van der Waals surface area (Å²) in [4.78, 5) is 0. The summed E-state index contributed by atoms with van der Waals surface area (Å²) in [7, 11) is 0. The van der Waals surface area contributed by atoms with Crippen LogP contribution in [0.5, 0.6) is 5.75 Å². The summed E-state index contributed by atoms with van der Waals surface area (Å²) in [5.41, 5.74) is 1.06. The smallest absolute Gasteiger partial charge is 0.120 e. The molecule has 0 spiro atoms. The highest BCUT2D eigenvalue weighted by atomic mass is 35.5. The van der Waals surface area contributed by atoms with E-state index >= 15 is 0 Å². The molecule has 1 aliphatic carbocycles. The highest BCUT2D eigenvalue weighted by molar-refractivity contribution is 6.31. The average molecular weight is 240 g/mol. The molecule has 1 aromatic carbocycles. The van der Waals surface area contributed by atoms with Crippen molar-refractivity contribution in [1.29, 1.82) is 0 Å². The van der Waals surface area contributed by atoms with Crippen molar-refractivity contribution in [1.82, 2.24) is 5.32 Å². The van der Waals surface area contributed by atoms with E-state index in [1.54, 1.807) is 0 Å². The van der Waals surface area contributed by atoms with E-state index < -0.39 is 0 Å². The highest BCUT2D eigenvalue weighted by Crippen LogP contribution is 2.22. The molecule has 0 amide bonds. The number of nitrogens with one attached hydrogen (secondary N) is 1. The molecular weight excluding hydrogens is 222 g/mol. The molecule has 1 aromatic rings. The van der Waals surface area contributed by atoms with Gasteiger partial charge in [-0.1, -0.05) is 11.6 Å². The van der Waals surface area contributed by atoms with Crippen LogP contribution in [0.1, 0.15) is 25.3 Å². The molecule has 2 rings (SSSR count). The molecule has 88 valence electrons. The van der Waals surface area contributed by atoms with Crippen LogP contribution in [-0.2, 0) is 0 Å². The van der Waals surface area contributed by atoms with Crippen molar-refractivity contribution in [2.75, 3.05) is 6.54 Å². The summed E-state index contributed by atoms with van der Waals surface area (Å²) in [5.74, 6) is 0.895. The molecule has 0 bridgehead atoms. The SMILES string of the molecule is Cc1cc(OC(C)CNC2CC2)ccc1Cl. The van der Waals surface area contributed by atoms with Crippen LogP contribution in [0, 0.1) is 6.92 Å². The predicted octanol–water partition coefficient (Wildman–Crippen LogP) is 3.17. The van der Waals surface area contributed by atoms with Crippen molar-refractivity contribution in [2.45, 2.75) is 38.8 Å². The molecule has 1 aliphatic rings. The first kappa shape index (κ1) is 11.7. The number of hydrogen-bond donors (Lipinski definition) is 1. The van der Waals surface area contributed by atoms with Gasteiger partial charge in [-0.2, -0.15) is 0 Å². The Balaban J connectivity index is 1.84. The number of ether oxygens (including phenoxy) is 1. The molecular formula is C13H18ClNO. The highest BCUT2D eigenvalue weighted by Gasteiger charge is 2.21. The van der Waals surface area contributed by atoms with Crippen molar-refractivity contribution in [2.24, 2.45) is 0 Å². The summed E-state index contributed by atoms with van der Waals surface area (Å²) < 4.78 is 5.81. The zero-order chi connectivity index (χ0) is 11.5. The van der Waals surface area contributed by atoms with Crippen LogP contribution < -0.4 is 10.1 Å². The quantitative estimate of drug-likeness (QED) is 0.852. The second-order valence-electron chi connectivity index (χ2n) is 4.52. The molecule has 2 nitrogen and oxygen atoms in total. The predicted molar refractivity (Wildman–Crippen MR) is 67.3 cm³/mol. The van der Waals surface area contributed by atoms with Crippen LogP contribution in [0.4, 0.5) is 0 Å². The van der Waals surface area contributed by atoms with Gasteiger partial charge in [-0.25, -0.2) is 0 Å². The van der Waals surface area contributed by atoms with Crippen molar-refractivity contribution in [3.05, 3.63) is 28.8 Å². The topological polar surface area (TPSA) is 21.3 Å². The summed E-state index contributed by atoms with van der Waals surface area (Å²) in [6.45, 7) is 4.98. The van der Waals surface area contributed by atoms with Gasteiger partial charge in [0.15, 0.2) is 0 Å². The Morgan fingerprint density at radius 1 is 1.50 bits per heavy atom. The summed E-state index contributed by atoms with van der Waals surface area (Å²) >= 11 is 5.96.